The second kappa shape index (κ2) is 57.7. The van der Waals surface area contributed by atoms with Crippen molar-refractivity contribution in [3.63, 3.8) is 0 Å². The predicted molar refractivity (Wildman–Crippen MR) is 344 cm³/mol. The molecule has 3 N–H and O–H groups in total. The van der Waals surface area contributed by atoms with Crippen LogP contribution in [0.2, 0.25) is 0 Å². The largest absolute Gasteiger partial charge is 0.472 e. The minimum Gasteiger partial charge on any atom is -0.462 e. The zero-order valence-electron chi connectivity index (χ0n) is 55.3. The number of hydrogen-bond acceptors (Lipinski definition) is 15. The number of carbonyl (C=O) groups is 4. The highest BCUT2D eigenvalue weighted by Gasteiger charge is 2.30. The molecular formula is C67H126O17P2. The Balaban J connectivity index is 5.28. The Hall–Kier alpha value is -2.46. The molecular weight excluding hydrogens is 1140 g/mol. The second-order valence-electron chi connectivity index (χ2n) is 24.5. The molecule has 0 aromatic rings. The van der Waals surface area contributed by atoms with E-state index < -0.39 is 97.5 Å². The first kappa shape index (κ1) is 83.5. The number of esters is 4. The van der Waals surface area contributed by atoms with Crippen LogP contribution in [-0.2, 0) is 65.4 Å². The van der Waals surface area contributed by atoms with Crippen molar-refractivity contribution in [3.05, 3.63) is 24.3 Å². The van der Waals surface area contributed by atoms with Crippen LogP contribution in [0.25, 0.3) is 0 Å². The third kappa shape index (κ3) is 57.9. The average Bonchev–Trinajstić information content (AvgIpc) is 3.55. The van der Waals surface area contributed by atoms with Gasteiger partial charge in [0.2, 0.25) is 0 Å². The van der Waals surface area contributed by atoms with Crippen molar-refractivity contribution in [1.82, 2.24) is 0 Å². The molecule has 506 valence electrons. The van der Waals surface area contributed by atoms with Gasteiger partial charge in [-0.25, -0.2) is 9.13 Å². The Labute approximate surface area is 522 Å². The van der Waals surface area contributed by atoms with Gasteiger partial charge in [-0.1, -0.05) is 253 Å². The van der Waals surface area contributed by atoms with E-state index in [1.165, 1.54) is 89.9 Å². The SMILES string of the molecule is CCCCCC/C=C\C=C/CCCCCCCC(=O)OC[C@H](COP(=O)(O)OC[C@@H](O)COP(=O)(O)OC[C@@H](COC(=O)CCCCCCCCC(C)CC)OC(=O)CCCCCCCCC(C)CC)OC(=O)CCCCCCCCCCC(C)C. The summed E-state index contributed by atoms with van der Waals surface area (Å²) in [5, 5.41) is 10.5. The quantitative estimate of drug-likeness (QED) is 0.0169. The van der Waals surface area contributed by atoms with Crippen LogP contribution in [0, 0.1) is 17.8 Å². The molecule has 0 rings (SSSR count). The fourth-order valence-electron chi connectivity index (χ4n) is 9.41. The van der Waals surface area contributed by atoms with Crippen molar-refractivity contribution < 1.29 is 80.2 Å². The molecule has 0 fully saturated rings. The molecule has 0 aliphatic heterocycles. The molecule has 0 radical (unpaired) electrons. The summed E-state index contributed by atoms with van der Waals surface area (Å²) in [7, 11) is -9.91. The lowest BCUT2D eigenvalue weighted by Crippen LogP contribution is -2.30. The molecule has 17 nitrogen and oxygen atoms in total. The predicted octanol–water partition coefficient (Wildman–Crippen LogP) is 18.2. The highest BCUT2D eigenvalue weighted by Crippen LogP contribution is 2.45. The number of phosphoric acid groups is 2. The summed E-state index contributed by atoms with van der Waals surface area (Å²) in [4.78, 5) is 72.3. The molecule has 7 atom stereocenters. The molecule has 0 aromatic carbocycles. The minimum atomic E-state index is -4.96. The summed E-state index contributed by atoms with van der Waals surface area (Å²) in [6, 6.07) is 0. The normalized spacial score (nSPS) is 15.1. The topological polar surface area (TPSA) is 237 Å². The monoisotopic (exact) mass is 1260 g/mol. The molecule has 0 aliphatic carbocycles. The zero-order chi connectivity index (χ0) is 63.8. The first-order valence-electron chi connectivity index (χ1n) is 34.2. The number of aliphatic hydroxyl groups is 1. The smallest absolute Gasteiger partial charge is 0.462 e. The lowest BCUT2D eigenvalue weighted by molar-refractivity contribution is -0.161. The van der Waals surface area contributed by atoms with Gasteiger partial charge in [-0.2, -0.15) is 0 Å². The fourth-order valence-corrected chi connectivity index (χ4v) is 11.0. The molecule has 0 saturated heterocycles. The average molecular weight is 1270 g/mol. The van der Waals surface area contributed by atoms with Gasteiger partial charge >= 0.3 is 39.5 Å². The highest BCUT2D eigenvalue weighted by molar-refractivity contribution is 7.47. The number of hydrogen-bond donors (Lipinski definition) is 3. The molecule has 0 spiro atoms. The summed E-state index contributed by atoms with van der Waals surface area (Å²) in [6.07, 6.45) is 42.7. The summed E-state index contributed by atoms with van der Waals surface area (Å²) in [5.74, 6) is -0.00457. The first-order chi connectivity index (χ1) is 41.3. The number of ether oxygens (including phenoxy) is 4. The minimum absolute atomic E-state index is 0.0969. The summed E-state index contributed by atoms with van der Waals surface area (Å²) < 4.78 is 68.0. The van der Waals surface area contributed by atoms with Crippen LogP contribution >= 0.6 is 15.6 Å². The number of unbranched alkanes of at least 4 members (excludes halogenated alkanes) is 26. The molecule has 0 amide bonds. The number of carbonyl (C=O) groups excluding carboxylic acids is 4. The molecule has 0 saturated carbocycles. The van der Waals surface area contributed by atoms with Gasteiger partial charge in [0.25, 0.3) is 0 Å². The number of phosphoric ester groups is 2. The highest BCUT2D eigenvalue weighted by atomic mass is 31.2. The van der Waals surface area contributed by atoms with E-state index >= 15 is 0 Å². The maximum Gasteiger partial charge on any atom is 0.472 e. The van der Waals surface area contributed by atoms with E-state index in [2.05, 4.69) is 72.8 Å². The van der Waals surface area contributed by atoms with Gasteiger partial charge in [0.1, 0.15) is 19.3 Å². The molecule has 0 bridgehead atoms. The zero-order valence-corrected chi connectivity index (χ0v) is 57.0. The van der Waals surface area contributed by atoms with Gasteiger partial charge in [-0.15, -0.1) is 0 Å². The Morgan fingerprint density at radius 2 is 0.686 bits per heavy atom. The third-order valence-electron chi connectivity index (χ3n) is 15.5. The summed E-state index contributed by atoms with van der Waals surface area (Å²) >= 11 is 0. The van der Waals surface area contributed by atoms with Crippen LogP contribution in [-0.4, -0.2) is 96.7 Å². The van der Waals surface area contributed by atoms with Crippen molar-refractivity contribution >= 4 is 39.5 Å². The number of aliphatic hydroxyl groups excluding tert-OH is 1. The molecule has 0 aliphatic rings. The summed E-state index contributed by atoms with van der Waals surface area (Å²) in [6.45, 7) is 11.6. The van der Waals surface area contributed by atoms with Crippen molar-refractivity contribution in [1.29, 1.82) is 0 Å². The van der Waals surface area contributed by atoms with Crippen LogP contribution in [0.3, 0.4) is 0 Å². The maximum atomic E-state index is 13.0. The second-order valence-corrected chi connectivity index (χ2v) is 27.4. The van der Waals surface area contributed by atoms with Gasteiger partial charge in [-0.3, -0.25) is 37.3 Å². The van der Waals surface area contributed by atoms with Gasteiger partial charge < -0.3 is 33.8 Å². The third-order valence-corrected chi connectivity index (χ3v) is 17.4. The van der Waals surface area contributed by atoms with Crippen LogP contribution in [0.5, 0.6) is 0 Å². The van der Waals surface area contributed by atoms with Gasteiger partial charge in [0.15, 0.2) is 12.2 Å². The standard InChI is InChI=1S/C67H126O17P2/c1-8-11-12-13-14-15-16-17-18-19-20-21-25-34-41-48-64(69)77-54-62(83-66(71)50-43-36-26-23-22-24-31-38-45-58(4)5)56-81-85(73,74)79-52-61(68)53-80-86(75,76)82-57-63(84-67(72)51-44-37-30-28-33-40-47-60(7)10-3)55-78-65(70)49-42-35-29-27-32-39-46-59(6)9-2/h15-18,58-63,68H,8-14,19-57H2,1-7H3,(H,73,74)(H,75,76)/b16-15-,18-17-/t59?,60?,61-,62-,63-/m1/s1. The van der Waals surface area contributed by atoms with E-state index in [9.17, 15) is 43.2 Å². The molecule has 86 heavy (non-hydrogen) atoms. The van der Waals surface area contributed by atoms with Crippen LogP contribution in [0.15, 0.2) is 24.3 Å². The van der Waals surface area contributed by atoms with E-state index in [-0.39, 0.29) is 25.7 Å². The van der Waals surface area contributed by atoms with Crippen molar-refractivity contribution in [2.45, 2.75) is 324 Å². The number of rotatable bonds is 63. The Bertz CT molecular complexity index is 1800. The number of allylic oxidation sites excluding steroid dienone is 4. The van der Waals surface area contributed by atoms with E-state index in [4.69, 9.17) is 37.0 Å². The van der Waals surface area contributed by atoms with E-state index in [0.717, 1.165) is 127 Å². The molecule has 0 heterocycles. The Morgan fingerprint density at radius 3 is 1.03 bits per heavy atom. The van der Waals surface area contributed by atoms with Crippen molar-refractivity contribution in [2.24, 2.45) is 17.8 Å². The first-order valence-corrected chi connectivity index (χ1v) is 37.2. The van der Waals surface area contributed by atoms with Gasteiger partial charge in [-0.05, 0) is 69.1 Å². The van der Waals surface area contributed by atoms with Crippen LogP contribution in [0.4, 0.5) is 0 Å². The Morgan fingerprint density at radius 1 is 0.384 bits per heavy atom. The fraction of sp³-hybridized carbons (Fsp3) is 0.881. The van der Waals surface area contributed by atoms with E-state index in [1.807, 2.05) is 0 Å². The van der Waals surface area contributed by atoms with Crippen molar-refractivity contribution in [3.8, 4) is 0 Å². The van der Waals surface area contributed by atoms with E-state index in [0.29, 0.717) is 31.6 Å². The molecule has 0 aromatic heterocycles. The van der Waals surface area contributed by atoms with Gasteiger partial charge in [0.05, 0.1) is 26.4 Å². The lowest BCUT2D eigenvalue weighted by Gasteiger charge is -2.21. The van der Waals surface area contributed by atoms with E-state index in [1.54, 1.807) is 0 Å². The van der Waals surface area contributed by atoms with Crippen molar-refractivity contribution in [2.75, 3.05) is 39.6 Å². The molecule has 4 unspecified atom stereocenters. The lowest BCUT2D eigenvalue weighted by atomic mass is 10.00. The summed E-state index contributed by atoms with van der Waals surface area (Å²) in [5.41, 5.74) is 0. The maximum absolute atomic E-state index is 13.0. The molecule has 19 heteroatoms. The van der Waals surface area contributed by atoms with Crippen LogP contribution < -0.4 is 0 Å². The van der Waals surface area contributed by atoms with Crippen LogP contribution in [0.1, 0.15) is 305 Å². The van der Waals surface area contributed by atoms with Gasteiger partial charge in [0, 0.05) is 25.7 Å². The Kier molecular flexibility index (Phi) is 56.0.